The molecule has 1 aromatic rings. The topological polar surface area (TPSA) is 30.5 Å². The highest BCUT2D eigenvalue weighted by molar-refractivity contribution is 5.27. The van der Waals surface area contributed by atoms with Crippen LogP contribution in [0.3, 0.4) is 0 Å². The maximum Gasteiger partial charge on any atom is 0.191 e. The van der Waals surface area contributed by atoms with Crippen LogP contribution >= 0.6 is 0 Å². The summed E-state index contributed by atoms with van der Waals surface area (Å²) >= 11 is 0. The van der Waals surface area contributed by atoms with E-state index >= 15 is 0 Å². The molecule has 0 spiro atoms. The van der Waals surface area contributed by atoms with Crippen molar-refractivity contribution in [2.45, 2.75) is 38.0 Å². The van der Waals surface area contributed by atoms with Gasteiger partial charge in [-0.25, -0.2) is 8.78 Å². The monoisotopic (exact) mass is 271 g/mol. The fraction of sp³-hybridized carbons (Fsp3) is 0.571. The van der Waals surface area contributed by atoms with Gasteiger partial charge in [0.1, 0.15) is 12.2 Å². The molecule has 0 aliphatic heterocycles. The molecule has 0 aromatic heterocycles. The third-order valence-corrected chi connectivity index (χ3v) is 3.32. The molecule has 106 valence electrons. The highest BCUT2D eigenvalue weighted by atomic mass is 19.1. The smallest absolute Gasteiger partial charge is 0.191 e. The van der Waals surface area contributed by atoms with E-state index in [1.165, 1.54) is 18.2 Å². The first kappa shape index (κ1) is 14.2. The third kappa shape index (κ3) is 3.04. The number of halogens is 2. The summed E-state index contributed by atoms with van der Waals surface area (Å²) in [4.78, 5) is 0. The second kappa shape index (κ2) is 6.30. The van der Waals surface area contributed by atoms with Crippen molar-refractivity contribution < 1.29 is 18.3 Å². The predicted molar refractivity (Wildman–Crippen MR) is 68.3 cm³/mol. The standard InChI is InChI=1S/C14H19F2NO2/c1-3-7-18-14-11(17-2)8-12(14)19-13-9(15)5-4-6-10(13)16/h4-6,11-12,14,17H,3,7-8H2,1-2H3. The Morgan fingerprint density at radius 2 is 2.00 bits per heavy atom. The van der Waals surface area contributed by atoms with Gasteiger partial charge in [0.15, 0.2) is 17.4 Å². The largest absolute Gasteiger partial charge is 0.481 e. The fourth-order valence-electron chi connectivity index (χ4n) is 2.20. The third-order valence-electron chi connectivity index (χ3n) is 3.32. The fourth-order valence-corrected chi connectivity index (χ4v) is 2.20. The Morgan fingerprint density at radius 3 is 2.58 bits per heavy atom. The van der Waals surface area contributed by atoms with Gasteiger partial charge in [-0.2, -0.15) is 0 Å². The molecule has 0 radical (unpaired) electrons. The quantitative estimate of drug-likeness (QED) is 0.862. The first-order valence-electron chi connectivity index (χ1n) is 6.57. The Hall–Kier alpha value is -1.20. The number of ether oxygens (including phenoxy) is 2. The molecule has 1 fully saturated rings. The second-order valence-electron chi connectivity index (χ2n) is 4.67. The average molecular weight is 271 g/mol. The lowest BCUT2D eigenvalue weighted by Gasteiger charge is -2.43. The van der Waals surface area contributed by atoms with Crippen LogP contribution in [-0.4, -0.2) is 31.9 Å². The van der Waals surface area contributed by atoms with E-state index in [-0.39, 0.29) is 24.0 Å². The molecule has 3 unspecified atom stereocenters. The van der Waals surface area contributed by atoms with Gasteiger partial charge in [-0.05, 0) is 25.6 Å². The Morgan fingerprint density at radius 1 is 1.32 bits per heavy atom. The van der Waals surface area contributed by atoms with E-state index in [4.69, 9.17) is 9.47 Å². The van der Waals surface area contributed by atoms with Crippen LogP contribution in [0.2, 0.25) is 0 Å². The molecule has 0 saturated heterocycles. The van der Waals surface area contributed by atoms with Crippen LogP contribution in [0.1, 0.15) is 19.8 Å². The van der Waals surface area contributed by atoms with Gasteiger partial charge < -0.3 is 14.8 Å². The zero-order valence-electron chi connectivity index (χ0n) is 11.2. The summed E-state index contributed by atoms with van der Waals surface area (Å²) in [5.74, 6) is -1.67. The highest BCUT2D eigenvalue weighted by Gasteiger charge is 2.43. The predicted octanol–water partition coefficient (Wildman–Crippen LogP) is 2.50. The Labute approximate surface area is 111 Å². The Bertz CT molecular complexity index is 408. The normalized spacial score (nSPS) is 26.0. The van der Waals surface area contributed by atoms with Crippen LogP contribution in [0.15, 0.2) is 18.2 Å². The van der Waals surface area contributed by atoms with Gasteiger partial charge >= 0.3 is 0 Å². The first-order valence-corrected chi connectivity index (χ1v) is 6.57. The molecule has 0 heterocycles. The molecule has 0 amide bonds. The minimum absolute atomic E-state index is 0.163. The van der Waals surface area contributed by atoms with Gasteiger partial charge in [-0.15, -0.1) is 0 Å². The lowest BCUT2D eigenvalue weighted by atomic mass is 9.85. The molecular formula is C14H19F2NO2. The summed E-state index contributed by atoms with van der Waals surface area (Å²) in [6, 6.07) is 3.87. The number of hydrogen-bond donors (Lipinski definition) is 1. The van der Waals surface area contributed by atoms with E-state index in [2.05, 4.69) is 5.32 Å². The molecule has 1 aliphatic rings. The molecule has 5 heteroatoms. The van der Waals surface area contributed by atoms with Gasteiger partial charge in [-0.1, -0.05) is 13.0 Å². The molecular weight excluding hydrogens is 252 g/mol. The lowest BCUT2D eigenvalue weighted by Crippen LogP contribution is -2.60. The van der Waals surface area contributed by atoms with Crippen molar-refractivity contribution in [1.82, 2.24) is 5.32 Å². The zero-order valence-corrected chi connectivity index (χ0v) is 11.2. The minimum Gasteiger partial charge on any atom is -0.481 e. The van der Waals surface area contributed by atoms with Crippen LogP contribution in [-0.2, 0) is 4.74 Å². The number of benzene rings is 1. The molecule has 3 atom stereocenters. The molecule has 1 aromatic carbocycles. The number of rotatable bonds is 6. The SMILES string of the molecule is CCCOC1C(NC)CC1Oc1c(F)cccc1F. The molecule has 1 N–H and O–H groups in total. The molecule has 19 heavy (non-hydrogen) atoms. The number of nitrogens with one attached hydrogen (secondary N) is 1. The summed E-state index contributed by atoms with van der Waals surface area (Å²) in [6.45, 7) is 2.63. The van der Waals surface area contributed by atoms with E-state index in [1.54, 1.807) is 0 Å². The average Bonchev–Trinajstić information content (AvgIpc) is 2.37. The Balaban J connectivity index is 2.02. The summed E-state index contributed by atoms with van der Waals surface area (Å²) in [5.41, 5.74) is 0. The van der Waals surface area contributed by atoms with Crippen molar-refractivity contribution in [1.29, 1.82) is 0 Å². The van der Waals surface area contributed by atoms with Crippen molar-refractivity contribution in [3.63, 3.8) is 0 Å². The molecule has 1 aliphatic carbocycles. The van der Waals surface area contributed by atoms with Gasteiger partial charge in [0.2, 0.25) is 0 Å². The maximum absolute atomic E-state index is 13.5. The van der Waals surface area contributed by atoms with Gasteiger partial charge in [0, 0.05) is 19.1 Å². The van der Waals surface area contributed by atoms with Crippen molar-refractivity contribution in [3.05, 3.63) is 29.8 Å². The number of para-hydroxylation sites is 1. The zero-order chi connectivity index (χ0) is 13.8. The molecule has 3 nitrogen and oxygen atoms in total. The van der Waals surface area contributed by atoms with Crippen molar-refractivity contribution in [2.24, 2.45) is 0 Å². The second-order valence-corrected chi connectivity index (χ2v) is 4.67. The van der Waals surface area contributed by atoms with Crippen LogP contribution in [0.4, 0.5) is 8.78 Å². The summed E-state index contributed by atoms with van der Waals surface area (Å²) in [5, 5.41) is 3.11. The number of hydrogen-bond acceptors (Lipinski definition) is 3. The van der Waals surface area contributed by atoms with Gasteiger partial charge in [0.25, 0.3) is 0 Å². The lowest BCUT2D eigenvalue weighted by molar-refractivity contribution is -0.108. The van der Waals surface area contributed by atoms with Crippen LogP contribution < -0.4 is 10.1 Å². The van der Waals surface area contributed by atoms with Gasteiger partial charge in [-0.3, -0.25) is 0 Å². The van der Waals surface area contributed by atoms with Crippen LogP contribution in [0.25, 0.3) is 0 Å². The molecule has 1 saturated carbocycles. The van der Waals surface area contributed by atoms with E-state index in [0.29, 0.717) is 13.0 Å². The summed E-state index contributed by atoms with van der Waals surface area (Å²) < 4.78 is 38.1. The van der Waals surface area contributed by atoms with Crippen molar-refractivity contribution in [3.8, 4) is 5.75 Å². The van der Waals surface area contributed by atoms with Crippen molar-refractivity contribution >= 4 is 0 Å². The summed E-state index contributed by atoms with van der Waals surface area (Å²) in [7, 11) is 1.84. The van der Waals surface area contributed by atoms with E-state index in [0.717, 1.165) is 6.42 Å². The van der Waals surface area contributed by atoms with Gasteiger partial charge in [0.05, 0.1) is 0 Å². The number of likely N-dealkylation sites (N-methyl/N-ethyl adjacent to an activating group) is 1. The van der Waals surface area contributed by atoms with E-state index < -0.39 is 11.6 Å². The molecule has 0 bridgehead atoms. The van der Waals surface area contributed by atoms with Crippen LogP contribution in [0, 0.1) is 11.6 Å². The van der Waals surface area contributed by atoms with E-state index in [9.17, 15) is 8.78 Å². The van der Waals surface area contributed by atoms with E-state index in [1.807, 2.05) is 14.0 Å². The Kier molecular flexibility index (Phi) is 4.71. The molecule has 2 rings (SSSR count). The maximum atomic E-state index is 13.5. The highest BCUT2D eigenvalue weighted by Crippen LogP contribution is 2.31. The summed E-state index contributed by atoms with van der Waals surface area (Å²) in [6.07, 6.45) is 1.10. The minimum atomic E-state index is -0.679. The van der Waals surface area contributed by atoms with Crippen molar-refractivity contribution in [2.75, 3.05) is 13.7 Å². The van der Waals surface area contributed by atoms with Crippen LogP contribution in [0.5, 0.6) is 5.75 Å². The first-order chi connectivity index (χ1) is 9.17.